The second-order valence-corrected chi connectivity index (χ2v) is 10.6. The number of rotatable bonds is 6. The van der Waals surface area contributed by atoms with Gasteiger partial charge >= 0.3 is 0 Å². The van der Waals surface area contributed by atoms with E-state index in [1.54, 1.807) is 6.26 Å². The van der Waals surface area contributed by atoms with Crippen LogP contribution in [0.25, 0.3) is 0 Å². The van der Waals surface area contributed by atoms with Gasteiger partial charge in [-0.3, -0.25) is 9.80 Å². The number of allylic oxidation sites excluding steroid dienone is 3. The Kier molecular flexibility index (Phi) is 6.20. The average molecular weight is 501 g/mol. The summed E-state index contributed by atoms with van der Waals surface area (Å²) in [5, 5.41) is 0. The van der Waals surface area contributed by atoms with E-state index in [4.69, 9.17) is 9.15 Å². The topological polar surface area (TPSA) is 28.9 Å². The molecule has 0 saturated carbocycles. The zero-order valence-electron chi connectivity index (χ0n) is 21.5. The van der Waals surface area contributed by atoms with Crippen LogP contribution in [-0.2, 0) is 26.1 Å². The summed E-state index contributed by atoms with van der Waals surface area (Å²) >= 11 is 0. The molecule has 4 heteroatoms. The predicted molar refractivity (Wildman–Crippen MR) is 149 cm³/mol. The molecule has 4 aromatic rings. The molecule has 2 unspecified atom stereocenters. The van der Waals surface area contributed by atoms with Gasteiger partial charge in [-0.2, -0.15) is 0 Å². The Morgan fingerprint density at radius 1 is 0.737 bits per heavy atom. The first-order chi connectivity index (χ1) is 18.8. The molecule has 0 radical (unpaired) electrons. The van der Waals surface area contributed by atoms with E-state index in [9.17, 15) is 0 Å². The molecule has 0 fully saturated rings. The summed E-state index contributed by atoms with van der Waals surface area (Å²) in [7, 11) is 0. The van der Waals surface area contributed by atoms with E-state index in [2.05, 4.69) is 107 Å². The van der Waals surface area contributed by atoms with E-state index >= 15 is 0 Å². The van der Waals surface area contributed by atoms with E-state index in [1.807, 2.05) is 6.07 Å². The van der Waals surface area contributed by atoms with Crippen LogP contribution in [0.2, 0.25) is 0 Å². The van der Waals surface area contributed by atoms with E-state index in [0.717, 1.165) is 50.5 Å². The molecule has 4 nitrogen and oxygen atoms in total. The van der Waals surface area contributed by atoms with Gasteiger partial charge in [-0.15, -0.1) is 0 Å². The molecule has 0 spiro atoms. The maximum absolute atomic E-state index is 6.70. The largest absolute Gasteiger partial charge is 0.471 e. The molecule has 3 aliphatic rings. The maximum Gasteiger partial charge on any atom is 0.179 e. The van der Waals surface area contributed by atoms with E-state index < -0.39 is 0 Å². The van der Waals surface area contributed by atoms with Gasteiger partial charge in [0.05, 0.1) is 12.8 Å². The Balaban J connectivity index is 1.22. The normalized spacial score (nSPS) is 21.0. The third-order valence-corrected chi connectivity index (χ3v) is 8.04. The van der Waals surface area contributed by atoms with Crippen LogP contribution in [0.3, 0.4) is 0 Å². The fourth-order valence-corrected chi connectivity index (χ4v) is 6.13. The summed E-state index contributed by atoms with van der Waals surface area (Å²) in [5.74, 6) is 1.99. The molecule has 38 heavy (non-hydrogen) atoms. The van der Waals surface area contributed by atoms with Gasteiger partial charge in [0, 0.05) is 36.8 Å². The Hall–Kier alpha value is -3.86. The first kappa shape index (κ1) is 23.3. The summed E-state index contributed by atoms with van der Waals surface area (Å²) in [6, 6.07) is 30.7. The van der Waals surface area contributed by atoms with Crippen molar-refractivity contribution in [3.63, 3.8) is 0 Å². The lowest BCUT2D eigenvalue weighted by Crippen LogP contribution is -2.37. The summed E-state index contributed by atoms with van der Waals surface area (Å²) in [6.45, 7) is 3.48. The molecular formula is C34H32N2O2. The number of hydrogen-bond donors (Lipinski definition) is 0. The van der Waals surface area contributed by atoms with Crippen molar-refractivity contribution in [2.75, 3.05) is 6.54 Å². The van der Waals surface area contributed by atoms with Crippen molar-refractivity contribution >= 4 is 0 Å². The van der Waals surface area contributed by atoms with Crippen molar-refractivity contribution in [3.8, 4) is 5.75 Å². The summed E-state index contributed by atoms with van der Waals surface area (Å²) in [5.41, 5.74) is 8.06. The van der Waals surface area contributed by atoms with Crippen LogP contribution >= 0.6 is 0 Å². The van der Waals surface area contributed by atoms with Crippen molar-refractivity contribution in [1.29, 1.82) is 0 Å². The highest BCUT2D eigenvalue weighted by Gasteiger charge is 2.32. The Morgan fingerprint density at radius 3 is 2.39 bits per heavy atom. The monoisotopic (exact) mass is 500 g/mol. The van der Waals surface area contributed by atoms with Gasteiger partial charge < -0.3 is 9.15 Å². The molecular weight excluding hydrogens is 468 g/mol. The van der Waals surface area contributed by atoms with E-state index in [-0.39, 0.29) is 12.3 Å². The summed E-state index contributed by atoms with van der Waals surface area (Å²) in [6.07, 6.45) is 10.3. The third-order valence-electron chi connectivity index (χ3n) is 8.04. The zero-order valence-corrected chi connectivity index (χ0v) is 21.5. The van der Waals surface area contributed by atoms with Gasteiger partial charge in [0.1, 0.15) is 11.5 Å². The Morgan fingerprint density at radius 2 is 1.55 bits per heavy atom. The van der Waals surface area contributed by atoms with Crippen molar-refractivity contribution in [3.05, 3.63) is 149 Å². The van der Waals surface area contributed by atoms with Crippen LogP contribution < -0.4 is 4.74 Å². The zero-order chi connectivity index (χ0) is 25.3. The van der Waals surface area contributed by atoms with E-state index in [1.165, 1.54) is 33.4 Å². The van der Waals surface area contributed by atoms with Crippen molar-refractivity contribution in [2.24, 2.45) is 0 Å². The van der Waals surface area contributed by atoms with Crippen LogP contribution in [-0.4, -0.2) is 16.3 Å². The molecule has 1 aromatic heterocycles. The van der Waals surface area contributed by atoms with Gasteiger partial charge in [0.25, 0.3) is 0 Å². The smallest absolute Gasteiger partial charge is 0.179 e. The number of ether oxygens (including phenoxy) is 1. The van der Waals surface area contributed by atoms with Crippen LogP contribution in [0.4, 0.5) is 0 Å². The molecule has 0 amide bonds. The molecule has 3 aromatic carbocycles. The third kappa shape index (κ3) is 4.62. The highest BCUT2D eigenvalue weighted by molar-refractivity contribution is 5.39. The predicted octanol–water partition coefficient (Wildman–Crippen LogP) is 7.36. The molecule has 0 saturated heterocycles. The Labute approximate surface area is 224 Å². The second-order valence-electron chi connectivity index (χ2n) is 10.6. The summed E-state index contributed by atoms with van der Waals surface area (Å²) < 4.78 is 12.5. The lowest BCUT2D eigenvalue weighted by molar-refractivity contribution is 0.00371. The lowest BCUT2D eigenvalue weighted by Gasteiger charge is -2.39. The molecule has 0 N–H and O–H groups in total. The summed E-state index contributed by atoms with van der Waals surface area (Å²) in [4.78, 5) is 5.02. The minimum atomic E-state index is -0.124. The van der Waals surface area contributed by atoms with Crippen molar-refractivity contribution < 1.29 is 9.15 Å². The van der Waals surface area contributed by atoms with Gasteiger partial charge in [-0.1, -0.05) is 84.5 Å². The highest BCUT2D eigenvalue weighted by atomic mass is 16.5. The number of fused-ring (bicyclic) bond motifs is 2. The Bertz CT molecular complexity index is 1490. The van der Waals surface area contributed by atoms with Gasteiger partial charge in [0.15, 0.2) is 6.23 Å². The van der Waals surface area contributed by atoms with E-state index in [0.29, 0.717) is 0 Å². The fourth-order valence-electron chi connectivity index (χ4n) is 6.13. The average Bonchev–Trinajstić information content (AvgIpc) is 3.67. The molecule has 190 valence electrons. The van der Waals surface area contributed by atoms with Crippen molar-refractivity contribution in [1.82, 2.24) is 9.80 Å². The molecule has 2 atom stereocenters. The number of nitrogens with zero attached hydrogens (tertiary/aromatic N) is 2. The maximum atomic E-state index is 6.70. The fraction of sp³-hybridized carbons (Fsp3) is 0.235. The lowest BCUT2D eigenvalue weighted by atomic mass is 9.89. The molecule has 0 bridgehead atoms. The molecule has 7 rings (SSSR count). The van der Waals surface area contributed by atoms with Gasteiger partial charge in [0.2, 0.25) is 0 Å². The van der Waals surface area contributed by atoms with Crippen LogP contribution in [0.1, 0.15) is 52.3 Å². The minimum Gasteiger partial charge on any atom is -0.471 e. The SMILES string of the molecule is C1=CCC(CN2Cc3ccccc3OC2c2cccc(C3Cc4ccccc4CN3Cc3ccco3)c2)=C1. The van der Waals surface area contributed by atoms with Gasteiger partial charge in [-0.05, 0) is 53.8 Å². The van der Waals surface area contributed by atoms with Crippen LogP contribution in [0, 0.1) is 0 Å². The second kappa shape index (κ2) is 10.1. The first-order valence-corrected chi connectivity index (χ1v) is 13.6. The standard InChI is InChI=1S/C34H32N2O2/c1-2-10-25(9-1)21-36-23-30-13-5-6-17-33(30)38-34(36)28-15-7-14-27(19-28)32-20-26-11-3-4-12-29(26)22-35(32)24-31-16-8-18-37-31/h1-9,11-19,32,34H,10,20-24H2. The molecule has 2 aliphatic heterocycles. The van der Waals surface area contributed by atoms with Crippen LogP contribution in [0.5, 0.6) is 5.75 Å². The van der Waals surface area contributed by atoms with Crippen LogP contribution in [0.15, 0.2) is 119 Å². The highest BCUT2D eigenvalue weighted by Crippen LogP contribution is 2.39. The number of furan rings is 1. The molecule has 3 heterocycles. The van der Waals surface area contributed by atoms with Gasteiger partial charge in [-0.25, -0.2) is 0 Å². The molecule has 1 aliphatic carbocycles. The number of hydrogen-bond acceptors (Lipinski definition) is 4. The quantitative estimate of drug-likeness (QED) is 0.277. The van der Waals surface area contributed by atoms with Crippen molar-refractivity contribution in [2.45, 2.75) is 44.7 Å². The minimum absolute atomic E-state index is 0.124. The number of benzene rings is 3. The first-order valence-electron chi connectivity index (χ1n) is 13.6. The number of para-hydroxylation sites is 1.